The maximum absolute atomic E-state index is 13.9. The van der Waals surface area contributed by atoms with Crippen molar-refractivity contribution < 1.29 is 39.2 Å². The summed E-state index contributed by atoms with van der Waals surface area (Å²) >= 11 is 0. The normalized spacial score (nSPS) is 16.1. The number of amides is 2. The Bertz CT molecular complexity index is 2720. The van der Waals surface area contributed by atoms with Crippen molar-refractivity contribution in [1.29, 1.82) is 0 Å². The fourth-order valence-electron chi connectivity index (χ4n) is 9.23. The first-order valence-corrected chi connectivity index (χ1v) is 23.9. The summed E-state index contributed by atoms with van der Waals surface area (Å²) in [6.45, 7) is 5.11. The molecule has 2 aliphatic rings. The highest BCUT2D eigenvalue weighted by molar-refractivity contribution is 5.96. The Morgan fingerprint density at radius 3 is 2.17 bits per heavy atom. The average Bonchev–Trinajstić information content (AvgIpc) is 3.39. The van der Waals surface area contributed by atoms with Crippen LogP contribution in [0.4, 0.5) is 0 Å². The van der Waals surface area contributed by atoms with Crippen LogP contribution >= 0.6 is 0 Å². The Kier molecular flexibility index (Phi) is 16.2. The third-order valence-electron chi connectivity index (χ3n) is 13.4. The molecule has 2 atom stereocenters. The smallest absolute Gasteiger partial charge is 0.347 e. The Balaban J connectivity index is 0.750. The number of piperidine rings is 2. The van der Waals surface area contributed by atoms with E-state index < -0.39 is 17.7 Å². The van der Waals surface area contributed by atoms with E-state index in [-0.39, 0.29) is 60.2 Å². The number of fused-ring (bicyclic) bond motifs is 1. The number of aliphatic hydroxyl groups excluding tert-OH is 1. The minimum atomic E-state index is -2.04. The molecule has 0 aliphatic carbocycles. The van der Waals surface area contributed by atoms with Crippen LogP contribution in [0.15, 0.2) is 138 Å². The molecule has 6 aromatic rings. The number of hydrogen-bond donors (Lipinski definition) is 6. The van der Waals surface area contributed by atoms with E-state index in [1.165, 1.54) is 17.7 Å². The Morgan fingerprint density at radius 2 is 1.43 bits per heavy atom. The van der Waals surface area contributed by atoms with E-state index >= 15 is 0 Å². The topological polar surface area (TPSA) is 194 Å². The number of ether oxygens (including phenoxy) is 2. The zero-order valence-electron chi connectivity index (χ0n) is 38.7. The van der Waals surface area contributed by atoms with Crippen molar-refractivity contribution in [1.82, 2.24) is 25.4 Å². The first-order chi connectivity index (χ1) is 33.5. The van der Waals surface area contributed by atoms with Crippen molar-refractivity contribution in [2.75, 3.05) is 59.0 Å². The standard InChI is InChI=1S/C55H61N5O9/c61-48-20-18-46(47-19-21-50(63)58-52(47)48)49(62)33-56-27-22-38-14-16-42(17-15-38)53(65)57-34-51(64)60-30-25-41(26-31-60)36-68-45-13-7-12-44(32-45)55(67,43-10-5-2-6-11-43)54(66)69-37-40-23-28-59(29-24-40)35-39-8-3-1-4-9-39/h1-21,32,40-41,49,56,61-62,67H,22-31,33-37H2,(H,57,65)(H,58,63)/t49-,55-/m0/s1. The average molecular weight is 936 g/mol. The number of nitrogens with zero attached hydrogens (tertiary/aromatic N) is 2. The summed E-state index contributed by atoms with van der Waals surface area (Å²) in [6.07, 6.45) is 3.02. The molecule has 1 aromatic heterocycles. The molecule has 0 radical (unpaired) electrons. The third-order valence-corrected chi connectivity index (χ3v) is 13.4. The number of likely N-dealkylation sites (tertiary alicyclic amines) is 2. The molecule has 3 heterocycles. The molecule has 360 valence electrons. The van der Waals surface area contributed by atoms with E-state index in [1.54, 1.807) is 77.7 Å². The monoisotopic (exact) mass is 935 g/mol. The van der Waals surface area contributed by atoms with Crippen LogP contribution in [0.2, 0.25) is 0 Å². The molecular weight excluding hydrogens is 875 g/mol. The summed E-state index contributed by atoms with van der Waals surface area (Å²) in [5.74, 6) is -0.386. The zero-order chi connectivity index (χ0) is 48.2. The van der Waals surface area contributed by atoms with Crippen LogP contribution in [0.1, 0.15) is 70.0 Å². The number of esters is 1. The molecule has 2 amide bonds. The molecule has 69 heavy (non-hydrogen) atoms. The number of hydrogen-bond acceptors (Lipinski definition) is 11. The summed E-state index contributed by atoms with van der Waals surface area (Å²) in [5.41, 5.74) is 1.97. The summed E-state index contributed by atoms with van der Waals surface area (Å²) in [6, 6.07) is 39.4. The zero-order valence-corrected chi connectivity index (χ0v) is 38.7. The summed E-state index contributed by atoms with van der Waals surface area (Å²) in [7, 11) is 0. The first-order valence-electron chi connectivity index (χ1n) is 23.9. The van der Waals surface area contributed by atoms with Gasteiger partial charge in [-0.1, -0.05) is 91.0 Å². The van der Waals surface area contributed by atoms with Gasteiger partial charge >= 0.3 is 5.97 Å². The minimum Gasteiger partial charge on any atom is -0.506 e. The van der Waals surface area contributed by atoms with Crippen LogP contribution in [0.3, 0.4) is 0 Å². The number of aromatic hydroxyl groups is 1. The lowest BCUT2D eigenvalue weighted by molar-refractivity contribution is -0.164. The highest BCUT2D eigenvalue weighted by Gasteiger charge is 2.42. The molecule has 2 saturated heterocycles. The van der Waals surface area contributed by atoms with Crippen molar-refractivity contribution in [2.24, 2.45) is 11.8 Å². The number of pyridine rings is 1. The highest BCUT2D eigenvalue weighted by atomic mass is 16.5. The number of H-pyrrole nitrogens is 1. The van der Waals surface area contributed by atoms with Crippen LogP contribution in [-0.4, -0.2) is 107 Å². The second-order valence-electron chi connectivity index (χ2n) is 18.2. The Labute approximate surface area is 401 Å². The SMILES string of the molecule is O=C(NCC(=O)N1CCC(COc2cccc([C@](O)(C(=O)OCC3CCN(Cc4ccccc4)CC3)c3ccccc3)c2)CC1)c1ccc(CCNC[C@H](O)c2ccc(O)c3[nH]c(=O)ccc23)cc1. The van der Waals surface area contributed by atoms with Gasteiger partial charge in [-0.3, -0.25) is 19.3 Å². The lowest BCUT2D eigenvalue weighted by Crippen LogP contribution is -2.44. The fourth-order valence-corrected chi connectivity index (χ4v) is 9.23. The molecule has 2 aliphatic heterocycles. The number of aromatic nitrogens is 1. The van der Waals surface area contributed by atoms with Crippen LogP contribution in [0.25, 0.3) is 10.9 Å². The van der Waals surface area contributed by atoms with Crippen molar-refractivity contribution in [3.63, 3.8) is 0 Å². The molecule has 0 saturated carbocycles. The lowest BCUT2D eigenvalue weighted by atomic mass is 9.86. The third kappa shape index (κ3) is 12.4. The molecular formula is C55H61N5O9. The molecule has 0 unspecified atom stereocenters. The van der Waals surface area contributed by atoms with Crippen molar-refractivity contribution in [3.05, 3.63) is 177 Å². The van der Waals surface area contributed by atoms with Gasteiger partial charge in [-0.05, 0) is 122 Å². The lowest BCUT2D eigenvalue weighted by Gasteiger charge is -2.33. The van der Waals surface area contributed by atoms with Crippen molar-refractivity contribution >= 4 is 28.7 Å². The van der Waals surface area contributed by atoms with E-state index in [4.69, 9.17) is 9.47 Å². The maximum Gasteiger partial charge on any atom is 0.347 e. The number of carbonyl (C=O) groups is 3. The van der Waals surface area contributed by atoms with Gasteiger partial charge in [-0.25, -0.2) is 4.79 Å². The predicted octanol–water partition coefficient (Wildman–Crippen LogP) is 5.84. The van der Waals surface area contributed by atoms with Gasteiger partial charge in [0.1, 0.15) is 11.5 Å². The number of phenols is 1. The van der Waals surface area contributed by atoms with Gasteiger partial charge in [0, 0.05) is 48.8 Å². The quantitative estimate of drug-likeness (QED) is 0.0423. The number of nitrogens with one attached hydrogen (secondary N) is 3. The van der Waals surface area contributed by atoms with Gasteiger partial charge in [0.25, 0.3) is 5.91 Å². The molecule has 6 N–H and O–H groups in total. The largest absolute Gasteiger partial charge is 0.506 e. The number of benzene rings is 5. The second kappa shape index (κ2) is 23.0. The van der Waals surface area contributed by atoms with E-state index in [9.17, 15) is 34.5 Å². The predicted molar refractivity (Wildman–Crippen MR) is 263 cm³/mol. The molecule has 0 spiro atoms. The van der Waals surface area contributed by atoms with Gasteiger partial charge in [0.2, 0.25) is 17.1 Å². The second-order valence-corrected chi connectivity index (χ2v) is 18.2. The van der Waals surface area contributed by atoms with Crippen molar-refractivity contribution in [3.8, 4) is 11.5 Å². The first kappa shape index (κ1) is 48.6. The van der Waals surface area contributed by atoms with Gasteiger partial charge in [0.15, 0.2) is 0 Å². The molecule has 5 aromatic carbocycles. The van der Waals surface area contributed by atoms with Crippen LogP contribution in [0, 0.1) is 11.8 Å². The van der Waals surface area contributed by atoms with Crippen LogP contribution < -0.4 is 20.9 Å². The summed E-state index contributed by atoms with van der Waals surface area (Å²) in [4.78, 5) is 58.5. The van der Waals surface area contributed by atoms with E-state index in [0.29, 0.717) is 66.1 Å². The highest BCUT2D eigenvalue weighted by Crippen LogP contribution is 2.34. The number of aliphatic hydroxyl groups is 2. The number of phenolic OH excluding ortho intramolecular Hbond substituents is 1. The van der Waals surface area contributed by atoms with Gasteiger partial charge in [0.05, 0.1) is 31.4 Å². The number of aromatic amines is 1. The maximum atomic E-state index is 13.9. The Hall–Kier alpha value is -6.84. The van der Waals surface area contributed by atoms with E-state index in [1.807, 2.05) is 24.3 Å². The number of rotatable bonds is 19. The van der Waals surface area contributed by atoms with Gasteiger partial charge in [-0.15, -0.1) is 0 Å². The van der Waals surface area contributed by atoms with E-state index in [2.05, 4.69) is 44.8 Å². The van der Waals surface area contributed by atoms with Crippen LogP contribution in [-0.2, 0) is 32.9 Å². The molecule has 14 heteroatoms. The van der Waals surface area contributed by atoms with Crippen molar-refractivity contribution in [2.45, 2.75) is 50.4 Å². The summed E-state index contributed by atoms with van der Waals surface area (Å²) in [5, 5.41) is 39.7. The fraction of sp³-hybridized carbons (Fsp3) is 0.345. The number of carbonyl (C=O) groups excluding carboxylic acids is 3. The van der Waals surface area contributed by atoms with Crippen LogP contribution in [0.5, 0.6) is 11.5 Å². The molecule has 0 bridgehead atoms. The molecule has 8 rings (SSSR count). The molecule has 14 nitrogen and oxygen atoms in total. The summed E-state index contributed by atoms with van der Waals surface area (Å²) < 4.78 is 12.2. The molecule has 2 fully saturated rings. The van der Waals surface area contributed by atoms with E-state index in [0.717, 1.165) is 50.9 Å². The minimum absolute atomic E-state index is 0.0644. The van der Waals surface area contributed by atoms with Gasteiger partial charge < -0.3 is 45.3 Å². The Morgan fingerprint density at radius 1 is 0.754 bits per heavy atom. The van der Waals surface area contributed by atoms with Gasteiger partial charge in [-0.2, -0.15) is 0 Å².